The fraction of sp³-hybridized carbons (Fsp3) is 0.480. The predicted octanol–water partition coefficient (Wildman–Crippen LogP) is 4.22. The van der Waals surface area contributed by atoms with Gasteiger partial charge in [-0.15, -0.1) is 11.3 Å². The molecule has 0 spiro atoms. The van der Waals surface area contributed by atoms with Crippen LogP contribution < -0.4 is 10.9 Å². The number of nitrogens with one attached hydrogen (secondary N) is 1. The quantitative estimate of drug-likeness (QED) is 0.570. The maximum absolute atomic E-state index is 13.1. The molecule has 1 saturated heterocycles. The van der Waals surface area contributed by atoms with Crippen molar-refractivity contribution in [1.29, 1.82) is 0 Å². The van der Waals surface area contributed by atoms with Gasteiger partial charge < -0.3 is 5.32 Å². The number of aryl methyl sites for hydroxylation is 4. The zero-order valence-corrected chi connectivity index (χ0v) is 20.7. The van der Waals surface area contributed by atoms with Crippen molar-refractivity contribution in [3.63, 3.8) is 0 Å². The highest BCUT2D eigenvalue weighted by atomic mass is 32.2. The van der Waals surface area contributed by atoms with Crippen molar-refractivity contribution in [3.8, 4) is 0 Å². The Hall–Kier alpha value is -2.16. The van der Waals surface area contributed by atoms with Gasteiger partial charge in [0.1, 0.15) is 4.83 Å². The molecule has 8 heteroatoms. The molecule has 0 saturated carbocycles. The van der Waals surface area contributed by atoms with Gasteiger partial charge in [-0.2, -0.15) is 11.8 Å². The molecule has 1 aliphatic carbocycles. The summed E-state index contributed by atoms with van der Waals surface area (Å²) in [6, 6.07) is 6.27. The number of carbonyl (C=O) groups is 1. The molecule has 2 aromatic heterocycles. The molecule has 0 bridgehead atoms. The minimum absolute atomic E-state index is 0.0103. The van der Waals surface area contributed by atoms with E-state index in [1.807, 2.05) is 24.8 Å². The minimum atomic E-state index is -0.0850. The van der Waals surface area contributed by atoms with Crippen LogP contribution in [0.5, 0.6) is 0 Å². The zero-order chi connectivity index (χ0) is 22.8. The lowest BCUT2D eigenvalue weighted by atomic mass is 9.97. The summed E-state index contributed by atoms with van der Waals surface area (Å²) in [5.41, 5.74) is 4.37. The number of carbonyl (C=O) groups excluding carboxylic acids is 1. The van der Waals surface area contributed by atoms with E-state index in [-0.39, 0.29) is 17.9 Å². The second kappa shape index (κ2) is 9.99. The number of aromatic nitrogens is 2. The number of amides is 1. The molecule has 1 N–H and O–H groups in total. The highest BCUT2D eigenvalue weighted by Crippen LogP contribution is 2.33. The molecule has 1 aromatic carbocycles. The molecule has 33 heavy (non-hydrogen) atoms. The molecule has 2 aliphatic rings. The summed E-state index contributed by atoms with van der Waals surface area (Å²) in [5.74, 6) is 2.32. The van der Waals surface area contributed by atoms with Crippen molar-refractivity contribution in [2.24, 2.45) is 0 Å². The van der Waals surface area contributed by atoms with Crippen LogP contribution in [0.2, 0.25) is 0 Å². The summed E-state index contributed by atoms with van der Waals surface area (Å²) in [7, 11) is 0. The van der Waals surface area contributed by atoms with E-state index in [4.69, 9.17) is 0 Å². The molecule has 174 valence electrons. The van der Waals surface area contributed by atoms with Crippen LogP contribution in [0.1, 0.15) is 40.8 Å². The van der Waals surface area contributed by atoms with Crippen LogP contribution in [0.4, 0.5) is 5.69 Å². The van der Waals surface area contributed by atoms with Crippen LogP contribution in [0, 0.1) is 6.92 Å². The third-order valence-electron chi connectivity index (χ3n) is 6.60. The van der Waals surface area contributed by atoms with Crippen LogP contribution in [-0.4, -0.2) is 45.0 Å². The number of hydrogen-bond donors (Lipinski definition) is 1. The first-order valence-corrected chi connectivity index (χ1v) is 13.7. The highest BCUT2D eigenvalue weighted by molar-refractivity contribution is 7.99. The van der Waals surface area contributed by atoms with Crippen molar-refractivity contribution in [2.75, 3.05) is 29.9 Å². The molecule has 0 unspecified atom stereocenters. The van der Waals surface area contributed by atoms with Crippen LogP contribution >= 0.6 is 23.1 Å². The largest absolute Gasteiger partial charge is 0.326 e. The van der Waals surface area contributed by atoms with Gasteiger partial charge in [0, 0.05) is 54.7 Å². The Kier molecular flexibility index (Phi) is 6.85. The van der Waals surface area contributed by atoms with Gasteiger partial charge in [-0.25, -0.2) is 4.98 Å². The summed E-state index contributed by atoms with van der Waals surface area (Å²) in [5, 5.41) is 3.80. The van der Waals surface area contributed by atoms with E-state index < -0.39 is 0 Å². The van der Waals surface area contributed by atoms with Gasteiger partial charge in [0.25, 0.3) is 5.56 Å². The summed E-state index contributed by atoms with van der Waals surface area (Å²) < 4.78 is 1.59. The fourth-order valence-electron chi connectivity index (χ4n) is 4.76. The molecule has 3 aromatic rings. The van der Waals surface area contributed by atoms with Crippen molar-refractivity contribution in [2.45, 2.75) is 52.1 Å². The van der Waals surface area contributed by atoms with E-state index in [0.717, 1.165) is 60.4 Å². The van der Waals surface area contributed by atoms with Gasteiger partial charge >= 0.3 is 0 Å². The molecule has 3 heterocycles. The molecular formula is C25H30N4O2S2. The van der Waals surface area contributed by atoms with Crippen molar-refractivity contribution >= 4 is 44.9 Å². The topological polar surface area (TPSA) is 67.2 Å². The Labute approximate surface area is 202 Å². The summed E-state index contributed by atoms with van der Waals surface area (Å²) in [4.78, 5) is 34.9. The highest BCUT2D eigenvalue weighted by Gasteiger charge is 2.20. The Morgan fingerprint density at radius 2 is 2.00 bits per heavy atom. The number of thiophene rings is 1. The van der Waals surface area contributed by atoms with E-state index in [2.05, 4.69) is 27.3 Å². The van der Waals surface area contributed by atoms with Gasteiger partial charge in [0.05, 0.1) is 11.7 Å². The van der Waals surface area contributed by atoms with Crippen LogP contribution in [0.3, 0.4) is 0 Å². The first kappa shape index (κ1) is 22.6. The number of fused-ring (bicyclic) bond motifs is 3. The lowest BCUT2D eigenvalue weighted by Gasteiger charge is -2.26. The third kappa shape index (κ3) is 5.03. The number of thioether (sulfide) groups is 1. The molecule has 5 rings (SSSR count). The monoisotopic (exact) mass is 482 g/mol. The summed E-state index contributed by atoms with van der Waals surface area (Å²) in [6.07, 6.45) is 6.16. The lowest BCUT2D eigenvalue weighted by Crippen LogP contribution is -2.31. The Morgan fingerprint density at radius 1 is 1.18 bits per heavy atom. The van der Waals surface area contributed by atoms with Gasteiger partial charge in [0.15, 0.2) is 0 Å². The van der Waals surface area contributed by atoms with Crippen molar-refractivity contribution in [1.82, 2.24) is 14.5 Å². The van der Waals surface area contributed by atoms with Gasteiger partial charge in [-0.05, 0) is 55.4 Å². The first-order valence-electron chi connectivity index (χ1n) is 11.8. The normalized spacial score (nSPS) is 16.6. The maximum Gasteiger partial charge on any atom is 0.262 e. The van der Waals surface area contributed by atoms with Crippen LogP contribution in [0.15, 0.2) is 29.3 Å². The second-order valence-corrected chi connectivity index (χ2v) is 11.3. The molecule has 1 aliphatic heterocycles. The second-order valence-electron chi connectivity index (χ2n) is 8.97. The number of nitrogens with zero attached hydrogens (tertiary/aromatic N) is 3. The Morgan fingerprint density at radius 3 is 2.82 bits per heavy atom. The minimum Gasteiger partial charge on any atom is -0.326 e. The fourth-order valence-corrected chi connectivity index (χ4v) is 6.96. The van der Waals surface area contributed by atoms with E-state index >= 15 is 0 Å². The SMILES string of the molecule is Cc1cc(CN2CCSCC2)ccc1NC(=O)CCn1cnc2sc3c(c2c1=O)CCCC3. The van der Waals surface area contributed by atoms with Crippen molar-refractivity contribution in [3.05, 3.63) is 56.4 Å². The molecule has 0 radical (unpaired) electrons. The number of hydrogen-bond acceptors (Lipinski definition) is 6. The zero-order valence-electron chi connectivity index (χ0n) is 19.1. The number of benzene rings is 1. The standard InChI is InChI=1S/C25H30N4O2S2/c1-17-14-18(15-28-10-12-32-13-11-28)6-7-20(17)27-22(30)8-9-29-16-26-24-23(25(29)31)19-4-2-3-5-21(19)33-24/h6-7,14,16H,2-5,8-13,15H2,1H3,(H,27,30). The Balaban J connectivity index is 1.22. The predicted molar refractivity (Wildman–Crippen MR) is 138 cm³/mol. The number of rotatable bonds is 6. The van der Waals surface area contributed by atoms with Gasteiger partial charge in [-0.1, -0.05) is 12.1 Å². The lowest BCUT2D eigenvalue weighted by molar-refractivity contribution is -0.116. The van der Waals surface area contributed by atoms with E-state index in [0.29, 0.717) is 6.54 Å². The number of anilines is 1. The molecule has 0 atom stereocenters. The first-order chi connectivity index (χ1) is 16.1. The maximum atomic E-state index is 13.1. The molecule has 1 fully saturated rings. The summed E-state index contributed by atoms with van der Waals surface area (Å²) >= 11 is 3.67. The average molecular weight is 483 g/mol. The smallest absolute Gasteiger partial charge is 0.262 e. The van der Waals surface area contributed by atoms with E-state index in [1.165, 1.54) is 33.9 Å². The molecule has 6 nitrogen and oxygen atoms in total. The van der Waals surface area contributed by atoms with Crippen LogP contribution in [0.25, 0.3) is 10.2 Å². The van der Waals surface area contributed by atoms with Crippen molar-refractivity contribution < 1.29 is 4.79 Å². The van der Waals surface area contributed by atoms with Gasteiger partial charge in [-0.3, -0.25) is 19.1 Å². The average Bonchev–Trinajstić information content (AvgIpc) is 3.20. The summed E-state index contributed by atoms with van der Waals surface area (Å²) in [6.45, 7) is 5.60. The Bertz CT molecular complexity index is 1230. The third-order valence-corrected chi connectivity index (χ3v) is 8.74. The van der Waals surface area contributed by atoms with E-state index in [9.17, 15) is 9.59 Å². The van der Waals surface area contributed by atoms with Gasteiger partial charge in [0.2, 0.25) is 5.91 Å². The van der Waals surface area contributed by atoms with Crippen LogP contribution in [-0.2, 0) is 30.7 Å². The molecular weight excluding hydrogens is 452 g/mol. The molecule has 1 amide bonds. The van der Waals surface area contributed by atoms with E-state index in [1.54, 1.807) is 22.2 Å².